The summed E-state index contributed by atoms with van der Waals surface area (Å²) in [6.45, 7) is 2.82. The van der Waals surface area contributed by atoms with Crippen LogP contribution in [0.25, 0.3) is 0 Å². The van der Waals surface area contributed by atoms with Crippen LogP contribution in [-0.4, -0.2) is 12.0 Å². The number of aromatic nitrogens is 1. The fourth-order valence-corrected chi connectivity index (χ4v) is 2.21. The number of ether oxygens (including phenoxy) is 1. The van der Waals surface area contributed by atoms with Crippen molar-refractivity contribution in [1.82, 2.24) is 10.3 Å². The van der Waals surface area contributed by atoms with Gasteiger partial charge in [-0.2, -0.15) is 0 Å². The molecule has 0 saturated heterocycles. The summed E-state index contributed by atoms with van der Waals surface area (Å²) in [4.78, 5) is 4.41. The third-order valence-electron chi connectivity index (χ3n) is 3.20. The molecule has 0 bridgehead atoms. The SMILES string of the molecule is CCCCc1ccc(Oc2ccc(Cl)c(CNC)n2)cc1. The Morgan fingerprint density at radius 3 is 2.57 bits per heavy atom. The average molecular weight is 305 g/mol. The number of unbranched alkanes of at least 4 members (excludes halogenated alkanes) is 1. The molecule has 0 saturated carbocycles. The maximum Gasteiger partial charge on any atom is 0.219 e. The van der Waals surface area contributed by atoms with Gasteiger partial charge in [0, 0.05) is 12.6 Å². The van der Waals surface area contributed by atoms with E-state index in [0.29, 0.717) is 17.4 Å². The molecule has 1 N–H and O–H groups in total. The molecule has 0 aliphatic carbocycles. The molecule has 1 aromatic heterocycles. The zero-order valence-electron chi connectivity index (χ0n) is 12.5. The Hall–Kier alpha value is -1.58. The van der Waals surface area contributed by atoms with E-state index in [9.17, 15) is 0 Å². The van der Waals surface area contributed by atoms with Crippen molar-refractivity contribution in [2.24, 2.45) is 0 Å². The molecule has 0 aliphatic heterocycles. The molecule has 0 fully saturated rings. The molecule has 1 heterocycles. The van der Waals surface area contributed by atoms with Crippen LogP contribution >= 0.6 is 11.6 Å². The zero-order chi connectivity index (χ0) is 15.1. The predicted molar refractivity (Wildman–Crippen MR) is 87.1 cm³/mol. The molecule has 0 unspecified atom stereocenters. The third-order valence-corrected chi connectivity index (χ3v) is 3.55. The van der Waals surface area contributed by atoms with E-state index < -0.39 is 0 Å². The van der Waals surface area contributed by atoms with Crippen molar-refractivity contribution in [2.75, 3.05) is 7.05 Å². The highest BCUT2D eigenvalue weighted by atomic mass is 35.5. The fourth-order valence-electron chi connectivity index (χ4n) is 2.04. The van der Waals surface area contributed by atoms with E-state index in [4.69, 9.17) is 16.3 Å². The first kappa shape index (κ1) is 15.8. The first-order valence-electron chi connectivity index (χ1n) is 7.29. The first-order valence-corrected chi connectivity index (χ1v) is 7.67. The number of aryl methyl sites for hydroxylation is 1. The largest absolute Gasteiger partial charge is 0.439 e. The summed E-state index contributed by atoms with van der Waals surface area (Å²) in [5.41, 5.74) is 2.13. The number of nitrogens with one attached hydrogen (secondary N) is 1. The van der Waals surface area contributed by atoms with E-state index in [1.165, 1.54) is 18.4 Å². The molecular weight excluding hydrogens is 284 g/mol. The van der Waals surface area contributed by atoms with Crippen LogP contribution in [0.1, 0.15) is 31.0 Å². The van der Waals surface area contributed by atoms with Crippen LogP contribution in [0, 0.1) is 0 Å². The Morgan fingerprint density at radius 1 is 1.14 bits per heavy atom. The molecule has 21 heavy (non-hydrogen) atoms. The standard InChI is InChI=1S/C17H21ClN2O/c1-3-4-5-13-6-8-14(9-7-13)21-17-11-10-15(18)16(20-17)12-19-2/h6-11,19H,3-5,12H2,1-2H3. The minimum absolute atomic E-state index is 0.561. The van der Waals surface area contributed by atoms with Gasteiger partial charge in [-0.05, 0) is 43.7 Å². The summed E-state index contributed by atoms with van der Waals surface area (Å²) >= 11 is 6.09. The normalized spacial score (nSPS) is 10.6. The van der Waals surface area contributed by atoms with Gasteiger partial charge >= 0.3 is 0 Å². The van der Waals surface area contributed by atoms with Crippen LogP contribution in [0.4, 0.5) is 0 Å². The summed E-state index contributed by atoms with van der Waals surface area (Å²) in [7, 11) is 1.86. The van der Waals surface area contributed by atoms with E-state index in [2.05, 4.69) is 29.4 Å². The summed E-state index contributed by atoms with van der Waals surface area (Å²) < 4.78 is 5.78. The monoisotopic (exact) mass is 304 g/mol. The van der Waals surface area contributed by atoms with Crippen molar-refractivity contribution in [3.8, 4) is 11.6 Å². The number of benzene rings is 1. The minimum Gasteiger partial charge on any atom is -0.439 e. The van der Waals surface area contributed by atoms with Gasteiger partial charge in [0.2, 0.25) is 5.88 Å². The van der Waals surface area contributed by atoms with Crippen molar-refractivity contribution >= 4 is 11.6 Å². The van der Waals surface area contributed by atoms with Gasteiger partial charge in [0.1, 0.15) is 5.75 Å². The number of hydrogen-bond acceptors (Lipinski definition) is 3. The first-order chi connectivity index (χ1) is 10.2. The maximum absolute atomic E-state index is 6.09. The van der Waals surface area contributed by atoms with E-state index in [0.717, 1.165) is 17.9 Å². The lowest BCUT2D eigenvalue weighted by Crippen LogP contribution is -2.07. The number of rotatable bonds is 7. The van der Waals surface area contributed by atoms with Crippen LogP contribution < -0.4 is 10.1 Å². The third kappa shape index (κ3) is 4.73. The van der Waals surface area contributed by atoms with Gasteiger partial charge in [-0.3, -0.25) is 0 Å². The smallest absolute Gasteiger partial charge is 0.219 e. The Balaban J connectivity index is 2.05. The van der Waals surface area contributed by atoms with Crippen LogP contribution in [-0.2, 0) is 13.0 Å². The highest BCUT2D eigenvalue weighted by Gasteiger charge is 2.05. The van der Waals surface area contributed by atoms with Gasteiger partial charge in [0.25, 0.3) is 0 Å². The lowest BCUT2D eigenvalue weighted by atomic mass is 10.1. The number of hydrogen-bond donors (Lipinski definition) is 1. The molecule has 0 atom stereocenters. The Kier molecular flexibility index (Phi) is 6.03. The molecule has 1 aromatic carbocycles. The molecule has 2 rings (SSSR count). The molecule has 3 nitrogen and oxygen atoms in total. The molecule has 4 heteroatoms. The highest BCUT2D eigenvalue weighted by molar-refractivity contribution is 6.31. The lowest BCUT2D eigenvalue weighted by Gasteiger charge is -2.08. The van der Waals surface area contributed by atoms with Crippen LogP contribution in [0.2, 0.25) is 5.02 Å². The molecule has 112 valence electrons. The number of nitrogens with zero attached hydrogens (tertiary/aromatic N) is 1. The summed E-state index contributed by atoms with van der Waals surface area (Å²) in [5.74, 6) is 1.35. The van der Waals surface area contributed by atoms with Crippen molar-refractivity contribution < 1.29 is 4.74 Å². The predicted octanol–water partition coefficient (Wildman–Crippen LogP) is 4.59. The van der Waals surface area contributed by atoms with Crippen molar-refractivity contribution in [1.29, 1.82) is 0 Å². The van der Waals surface area contributed by atoms with Gasteiger partial charge in [0.05, 0.1) is 10.7 Å². The van der Waals surface area contributed by atoms with Gasteiger partial charge < -0.3 is 10.1 Å². The van der Waals surface area contributed by atoms with Gasteiger partial charge in [-0.1, -0.05) is 37.1 Å². The van der Waals surface area contributed by atoms with E-state index in [1.807, 2.05) is 25.2 Å². The topological polar surface area (TPSA) is 34.1 Å². The lowest BCUT2D eigenvalue weighted by molar-refractivity contribution is 0.460. The molecule has 0 spiro atoms. The minimum atomic E-state index is 0.561. The van der Waals surface area contributed by atoms with Crippen LogP contribution in [0.3, 0.4) is 0 Å². The summed E-state index contributed by atoms with van der Waals surface area (Å²) in [6, 6.07) is 11.8. The maximum atomic E-state index is 6.09. The van der Waals surface area contributed by atoms with Gasteiger partial charge in [-0.15, -0.1) is 0 Å². The van der Waals surface area contributed by atoms with Gasteiger partial charge in [-0.25, -0.2) is 4.98 Å². The van der Waals surface area contributed by atoms with E-state index in [-0.39, 0.29) is 0 Å². The molecule has 0 amide bonds. The van der Waals surface area contributed by atoms with Crippen LogP contribution in [0.15, 0.2) is 36.4 Å². The number of halogens is 1. The Bertz CT molecular complexity index is 570. The number of pyridine rings is 1. The molecular formula is C17H21ClN2O. The van der Waals surface area contributed by atoms with Crippen molar-refractivity contribution in [3.05, 3.63) is 52.7 Å². The van der Waals surface area contributed by atoms with Crippen LogP contribution in [0.5, 0.6) is 11.6 Å². The Morgan fingerprint density at radius 2 is 1.90 bits per heavy atom. The molecule has 2 aromatic rings. The highest BCUT2D eigenvalue weighted by Crippen LogP contribution is 2.23. The van der Waals surface area contributed by atoms with Gasteiger partial charge in [0.15, 0.2) is 0 Å². The fraction of sp³-hybridized carbons (Fsp3) is 0.353. The summed E-state index contributed by atoms with van der Waals surface area (Å²) in [5, 5.41) is 3.69. The zero-order valence-corrected chi connectivity index (χ0v) is 13.3. The second-order valence-electron chi connectivity index (χ2n) is 4.96. The summed E-state index contributed by atoms with van der Waals surface area (Å²) in [6.07, 6.45) is 3.54. The molecule has 0 aliphatic rings. The van der Waals surface area contributed by atoms with E-state index in [1.54, 1.807) is 6.07 Å². The van der Waals surface area contributed by atoms with Crippen molar-refractivity contribution in [3.63, 3.8) is 0 Å². The average Bonchev–Trinajstić information content (AvgIpc) is 2.50. The molecule has 0 radical (unpaired) electrons. The quantitative estimate of drug-likeness (QED) is 0.812. The Labute approximate surface area is 131 Å². The van der Waals surface area contributed by atoms with Crippen molar-refractivity contribution in [2.45, 2.75) is 32.7 Å². The second kappa shape index (κ2) is 8.01. The van der Waals surface area contributed by atoms with E-state index >= 15 is 0 Å². The second-order valence-corrected chi connectivity index (χ2v) is 5.37.